The zero-order valence-electron chi connectivity index (χ0n) is 10.1. The molecule has 18 heavy (non-hydrogen) atoms. The van der Waals surface area contributed by atoms with Gasteiger partial charge >= 0.3 is 5.97 Å². The summed E-state index contributed by atoms with van der Waals surface area (Å²) in [5.41, 5.74) is 5.35. The molecule has 0 heterocycles. The van der Waals surface area contributed by atoms with Gasteiger partial charge in [-0.2, -0.15) is 0 Å². The number of carboxylic acid groups (broad SMARTS) is 1. The van der Waals surface area contributed by atoms with Crippen molar-refractivity contribution in [1.29, 1.82) is 0 Å². The standard InChI is InChI=1S/C13H17FN2O2/c14-9-5-6-10(11(12(9)15)13(17)18)16-7-1-2-8-3-4-8/h5-6,8,16H,1-4,7,15H2,(H,17,18). The number of carbonyl (C=O) groups is 1. The molecule has 4 N–H and O–H groups in total. The van der Waals surface area contributed by atoms with E-state index < -0.39 is 11.8 Å². The van der Waals surface area contributed by atoms with Crippen LogP contribution in [-0.2, 0) is 0 Å². The lowest BCUT2D eigenvalue weighted by molar-refractivity contribution is 0.0698. The van der Waals surface area contributed by atoms with Gasteiger partial charge in [0.2, 0.25) is 0 Å². The molecule has 1 saturated carbocycles. The van der Waals surface area contributed by atoms with Gasteiger partial charge < -0.3 is 16.2 Å². The Kier molecular flexibility index (Phi) is 3.69. The minimum absolute atomic E-state index is 0.179. The van der Waals surface area contributed by atoms with Crippen LogP contribution in [0.2, 0.25) is 0 Å². The molecule has 0 amide bonds. The Labute approximate surface area is 105 Å². The van der Waals surface area contributed by atoms with Crippen LogP contribution in [0.4, 0.5) is 15.8 Å². The average Bonchev–Trinajstić information content (AvgIpc) is 3.12. The predicted molar refractivity (Wildman–Crippen MR) is 68.2 cm³/mol. The van der Waals surface area contributed by atoms with Crippen LogP contribution in [-0.4, -0.2) is 17.6 Å². The Morgan fingerprint density at radius 1 is 1.50 bits per heavy atom. The average molecular weight is 252 g/mol. The number of rotatable bonds is 6. The Morgan fingerprint density at radius 2 is 2.22 bits per heavy atom. The molecule has 5 heteroatoms. The molecule has 1 aromatic carbocycles. The molecule has 2 rings (SSSR count). The molecule has 0 unspecified atom stereocenters. The van der Waals surface area contributed by atoms with E-state index in [9.17, 15) is 9.18 Å². The molecule has 1 aromatic rings. The Bertz CT molecular complexity index is 459. The summed E-state index contributed by atoms with van der Waals surface area (Å²) in [7, 11) is 0. The lowest BCUT2D eigenvalue weighted by Crippen LogP contribution is -2.11. The number of anilines is 2. The van der Waals surface area contributed by atoms with E-state index in [4.69, 9.17) is 10.8 Å². The first-order valence-electron chi connectivity index (χ1n) is 6.14. The summed E-state index contributed by atoms with van der Waals surface area (Å²) in [5, 5.41) is 12.1. The molecule has 0 aromatic heterocycles. The van der Waals surface area contributed by atoms with E-state index in [0.29, 0.717) is 12.2 Å². The van der Waals surface area contributed by atoms with Crippen molar-refractivity contribution >= 4 is 17.3 Å². The first kappa shape index (κ1) is 12.7. The van der Waals surface area contributed by atoms with E-state index in [1.54, 1.807) is 0 Å². The number of carboxylic acids is 1. The van der Waals surface area contributed by atoms with Crippen molar-refractivity contribution in [3.63, 3.8) is 0 Å². The second-order valence-electron chi connectivity index (χ2n) is 4.70. The van der Waals surface area contributed by atoms with Crippen molar-refractivity contribution in [2.24, 2.45) is 5.92 Å². The molecule has 0 radical (unpaired) electrons. The Hall–Kier alpha value is -1.78. The van der Waals surface area contributed by atoms with E-state index in [0.717, 1.165) is 18.8 Å². The minimum Gasteiger partial charge on any atom is -0.478 e. The summed E-state index contributed by atoms with van der Waals surface area (Å²) >= 11 is 0. The number of benzene rings is 1. The van der Waals surface area contributed by atoms with Crippen LogP contribution < -0.4 is 11.1 Å². The molecule has 0 aliphatic heterocycles. The smallest absolute Gasteiger partial charge is 0.340 e. The minimum atomic E-state index is -1.21. The quantitative estimate of drug-likeness (QED) is 0.537. The number of halogens is 1. The van der Waals surface area contributed by atoms with Gasteiger partial charge in [-0.25, -0.2) is 9.18 Å². The first-order chi connectivity index (χ1) is 8.59. The van der Waals surface area contributed by atoms with Crippen molar-refractivity contribution in [1.82, 2.24) is 0 Å². The van der Waals surface area contributed by atoms with E-state index >= 15 is 0 Å². The number of aromatic carboxylic acids is 1. The molecular formula is C13H17FN2O2. The van der Waals surface area contributed by atoms with Gasteiger partial charge in [-0.05, 0) is 30.9 Å². The maximum Gasteiger partial charge on any atom is 0.340 e. The van der Waals surface area contributed by atoms with Gasteiger partial charge in [0.25, 0.3) is 0 Å². The highest BCUT2D eigenvalue weighted by atomic mass is 19.1. The largest absolute Gasteiger partial charge is 0.478 e. The molecule has 0 bridgehead atoms. The van der Waals surface area contributed by atoms with Gasteiger partial charge in [0.15, 0.2) is 0 Å². The van der Waals surface area contributed by atoms with E-state index in [1.165, 1.54) is 25.0 Å². The van der Waals surface area contributed by atoms with Crippen molar-refractivity contribution in [2.75, 3.05) is 17.6 Å². The number of nitrogen functional groups attached to an aromatic ring is 1. The fraction of sp³-hybridized carbons (Fsp3) is 0.462. The maximum absolute atomic E-state index is 13.2. The van der Waals surface area contributed by atoms with Crippen LogP contribution in [0, 0.1) is 11.7 Å². The van der Waals surface area contributed by atoms with Crippen LogP contribution in [0.25, 0.3) is 0 Å². The third-order valence-corrected chi connectivity index (χ3v) is 3.21. The topological polar surface area (TPSA) is 75.3 Å². The van der Waals surface area contributed by atoms with Gasteiger partial charge in [0, 0.05) is 6.54 Å². The molecule has 0 spiro atoms. The van der Waals surface area contributed by atoms with Gasteiger partial charge in [-0.15, -0.1) is 0 Å². The highest BCUT2D eigenvalue weighted by Crippen LogP contribution is 2.33. The van der Waals surface area contributed by atoms with Crippen LogP contribution in [0.3, 0.4) is 0 Å². The number of hydrogen-bond donors (Lipinski definition) is 3. The molecule has 1 aliphatic carbocycles. The normalized spacial score (nSPS) is 14.5. The van der Waals surface area contributed by atoms with Gasteiger partial charge in [-0.1, -0.05) is 12.8 Å². The molecule has 98 valence electrons. The van der Waals surface area contributed by atoms with E-state index in [2.05, 4.69) is 5.32 Å². The molecule has 0 atom stereocenters. The molecule has 1 aliphatic rings. The first-order valence-corrected chi connectivity index (χ1v) is 6.14. The summed E-state index contributed by atoms with van der Waals surface area (Å²) in [6, 6.07) is 2.61. The molecule has 0 saturated heterocycles. The fourth-order valence-corrected chi connectivity index (χ4v) is 1.99. The Balaban J connectivity index is 2.01. The van der Waals surface area contributed by atoms with Crippen LogP contribution in [0.5, 0.6) is 0 Å². The van der Waals surface area contributed by atoms with Crippen LogP contribution in [0.1, 0.15) is 36.0 Å². The lowest BCUT2D eigenvalue weighted by atomic mass is 10.1. The molecular weight excluding hydrogens is 235 g/mol. The third-order valence-electron chi connectivity index (χ3n) is 3.21. The van der Waals surface area contributed by atoms with Gasteiger partial charge in [0.05, 0.1) is 11.4 Å². The second-order valence-corrected chi connectivity index (χ2v) is 4.70. The zero-order valence-corrected chi connectivity index (χ0v) is 10.1. The van der Waals surface area contributed by atoms with Crippen molar-refractivity contribution in [3.05, 3.63) is 23.5 Å². The monoisotopic (exact) mass is 252 g/mol. The fourth-order valence-electron chi connectivity index (χ4n) is 1.99. The molecule has 1 fully saturated rings. The maximum atomic E-state index is 13.2. The number of hydrogen-bond acceptors (Lipinski definition) is 3. The lowest BCUT2D eigenvalue weighted by Gasteiger charge is -2.11. The van der Waals surface area contributed by atoms with Crippen LogP contribution >= 0.6 is 0 Å². The van der Waals surface area contributed by atoms with E-state index in [1.807, 2.05) is 0 Å². The SMILES string of the molecule is Nc1c(F)ccc(NCCCC2CC2)c1C(=O)O. The summed E-state index contributed by atoms with van der Waals surface area (Å²) < 4.78 is 13.2. The number of nitrogens with one attached hydrogen (secondary N) is 1. The summed E-state index contributed by atoms with van der Waals surface area (Å²) in [6.07, 6.45) is 4.76. The summed E-state index contributed by atoms with van der Waals surface area (Å²) in [5.74, 6) is -1.06. The summed E-state index contributed by atoms with van der Waals surface area (Å²) in [6.45, 7) is 0.682. The summed E-state index contributed by atoms with van der Waals surface area (Å²) in [4.78, 5) is 11.1. The zero-order chi connectivity index (χ0) is 13.1. The van der Waals surface area contributed by atoms with Crippen LogP contribution in [0.15, 0.2) is 12.1 Å². The van der Waals surface area contributed by atoms with Gasteiger partial charge in [-0.3, -0.25) is 0 Å². The highest BCUT2D eigenvalue weighted by Gasteiger charge is 2.20. The van der Waals surface area contributed by atoms with Crippen molar-refractivity contribution in [2.45, 2.75) is 25.7 Å². The highest BCUT2D eigenvalue weighted by molar-refractivity contribution is 6.00. The van der Waals surface area contributed by atoms with Crippen molar-refractivity contribution in [3.8, 4) is 0 Å². The molecule has 4 nitrogen and oxygen atoms in total. The van der Waals surface area contributed by atoms with Crippen molar-refractivity contribution < 1.29 is 14.3 Å². The van der Waals surface area contributed by atoms with Gasteiger partial charge in [0.1, 0.15) is 11.4 Å². The Morgan fingerprint density at radius 3 is 2.83 bits per heavy atom. The third kappa shape index (κ3) is 2.91. The predicted octanol–water partition coefficient (Wildman–Crippen LogP) is 2.71. The van der Waals surface area contributed by atoms with E-state index in [-0.39, 0.29) is 11.3 Å². The number of nitrogens with two attached hydrogens (primary N) is 1. The second kappa shape index (κ2) is 5.25.